The zero-order chi connectivity index (χ0) is 22.3. The van der Waals surface area contributed by atoms with Crippen molar-refractivity contribution in [2.75, 3.05) is 19.7 Å². The van der Waals surface area contributed by atoms with E-state index in [1.54, 1.807) is 6.92 Å². The SMILES string of the molecule is CC1=N/C(=C2\CN(C(=O)c3ccc(F)cc3OCC3CC(N)C3)CC2=N)NC(C)=C1Cl. The van der Waals surface area contributed by atoms with Crippen molar-refractivity contribution >= 4 is 28.9 Å². The number of amides is 1. The number of ether oxygens (including phenoxy) is 1. The molecule has 2 fully saturated rings. The summed E-state index contributed by atoms with van der Waals surface area (Å²) in [5.41, 5.74) is 8.42. The number of carbonyl (C=O) groups excluding carboxylic acids is 1. The van der Waals surface area contributed by atoms with Gasteiger partial charge in [-0.25, -0.2) is 9.38 Å². The molecule has 0 bridgehead atoms. The first-order chi connectivity index (χ1) is 14.7. The molecule has 2 aliphatic heterocycles. The lowest BCUT2D eigenvalue weighted by atomic mass is 9.82. The number of nitrogens with zero attached hydrogens (tertiary/aromatic N) is 2. The maximum atomic E-state index is 13.8. The minimum Gasteiger partial charge on any atom is -0.492 e. The standard InChI is InChI=1S/C22H25ClFN5O2/c1-11-20(23)12(2)28-21(27-11)17-8-29(9-18(17)26)22(30)16-4-3-14(24)7-19(16)31-10-13-5-15(25)6-13/h3-4,7,13,15,26-27H,5-6,8-10,25H2,1-2H3/b21-17+,26-18?. The molecule has 7 nitrogen and oxygen atoms in total. The number of likely N-dealkylation sites (tertiary alicyclic amines) is 1. The Balaban J connectivity index is 1.53. The summed E-state index contributed by atoms with van der Waals surface area (Å²) in [6.07, 6.45) is 1.73. The topological polar surface area (TPSA) is 104 Å². The van der Waals surface area contributed by atoms with E-state index in [1.165, 1.54) is 23.1 Å². The molecule has 0 unspecified atom stereocenters. The van der Waals surface area contributed by atoms with Crippen LogP contribution in [0.2, 0.25) is 0 Å². The number of benzene rings is 1. The zero-order valence-electron chi connectivity index (χ0n) is 17.5. The van der Waals surface area contributed by atoms with Crippen molar-refractivity contribution < 1.29 is 13.9 Å². The Morgan fingerprint density at radius 3 is 2.81 bits per heavy atom. The van der Waals surface area contributed by atoms with E-state index in [0.717, 1.165) is 18.5 Å². The van der Waals surface area contributed by atoms with Gasteiger partial charge in [0.2, 0.25) is 0 Å². The number of rotatable bonds is 4. The Kier molecular flexibility index (Phi) is 5.85. The van der Waals surface area contributed by atoms with Crippen molar-refractivity contribution in [2.24, 2.45) is 16.6 Å². The van der Waals surface area contributed by atoms with E-state index in [4.69, 9.17) is 27.5 Å². The molecule has 9 heteroatoms. The Bertz CT molecular complexity index is 1040. The van der Waals surface area contributed by atoms with Gasteiger partial charge in [-0.05, 0) is 44.7 Å². The largest absolute Gasteiger partial charge is 0.492 e. The van der Waals surface area contributed by atoms with Crippen LogP contribution in [0.4, 0.5) is 4.39 Å². The van der Waals surface area contributed by atoms with Gasteiger partial charge in [0.05, 0.1) is 41.7 Å². The molecule has 2 heterocycles. The summed E-state index contributed by atoms with van der Waals surface area (Å²) in [6, 6.07) is 4.10. The summed E-state index contributed by atoms with van der Waals surface area (Å²) in [7, 11) is 0. The van der Waals surface area contributed by atoms with E-state index in [2.05, 4.69) is 10.3 Å². The number of halogens is 2. The molecule has 4 rings (SSSR count). The fourth-order valence-corrected chi connectivity index (χ4v) is 4.06. The van der Waals surface area contributed by atoms with E-state index < -0.39 is 5.82 Å². The predicted molar refractivity (Wildman–Crippen MR) is 118 cm³/mol. The molecule has 31 heavy (non-hydrogen) atoms. The smallest absolute Gasteiger partial charge is 0.258 e. The molecule has 1 saturated carbocycles. The zero-order valence-corrected chi connectivity index (χ0v) is 18.2. The third-order valence-corrected chi connectivity index (χ3v) is 6.35. The Labute approximate surface area is 185 Å². The number of allylic oxidation sites excluding steroid dienone is 2. The Hall–Kier alpha value is -2.71. The normalized spacial score (nSPS) is 25.9. The number of hydrogen-bond acceptors (Lipinski definition) is 6. The summed E-state index contributed by atoms with van der Waals surface area (Å²) >= 11 is 6.18. The number of aliphatic imine (C=N–C) groups is 1. The van der Waals surface area contributed by atoms with Crippen LogP contribution in [0.1, 0.15) is 37.0 Å². The molecule has 1 saturated heterocycles. The first kappa shape index (κ1) is 21.5. The van der Waals surface area contributed by atoms with Gasteiger partial charge in [-0.1, -0.05) is 11.6 Å². The van der Waals surface area contributed by atoms with Crippen molar-refractivity contribution in [1.29, 1.82) is 5.41 Å². The van der Waals surface area contributed by atoms with E-state index in [0.29, 0.717) is 40.4 Å². The highest BCUT2D eigenvalue weighted by Gasteiger charge is 2.32. The number of carbonyl (C=O) groups is 1. The molecule has 0 spiro atoms. The highest BCUT2D eigenvalue weighted by Crippen LogP contribution is 2.30. The number of nitrogens with two attached hydrogens (primary N) is 1. The lowest BCUT2D eigenvalue weighted by molar-refractivity contribution is 0.0795. The Morgan fingerprint density at radius 1 is 1.39 bits per heavy atom. The highest BCUT2D eigenvalue weighted by atomic mass is 35.5. The van der Waals surface area contributed by atoms with Crippen molar-refractivity contribution in [2.45, 2.75) is 32.7 Å². The molecular formula is C22H25ClFN5O2. The van der Waals surface area contributed by atoms with Crippen molar-refractivity contribution in [3.05, 3.63) is 51.7 Å². The van der Waals surface area contributed by atoms with E-state index in [1.807, 2.05) is 6.92 Å². The lowest BCUT2D eigenvalue weighted by Crippen LogP contribution is -2.39. The Morgan fingerprint density at radius 2 is 2.13 bits per heavy atom. The maximum Gasteiger partial charge on any atom is 0.258 e. The molecule has 0 radical (unpaired) electrons. The van der Waals surface area contributed by atoms with Gasteiger partial charge in [-0.2, -0.15) is 0 Å². The summed E-state index contributed by atoms with van der Waals surface area (Å²) in [5.74, 6) is 0.274. The van der Waals surface area contributed by atoms with Crippen LogP contribution in [0.15, 0.2) is 45.3 Å². The molecule has 0 atom stereocenters. The molecule has 1 aromatic carbocycles. The van der Waals surface area contributed by atoms with Gasteiger partial charge in [-0.15, -0.1) is 0 Å². The summed E-state index contributed by atoms with van der Waals surface area (Å²) < 4.78 is 19.6. The van der Waals surface area contributed by atoms with Crippen LogP contribution < -0.4 is 15.8 Å². The van der Waals surface area contributed by atoms with Crippen LogP contribution in [-0.2, 0) is 0 Å². The van der Waals surface area contributed by atoms with Gasteiger partial charge < -0.3 is 26.1 Å². The van der Waals surface area contributed by atoms with Crippen LogP contribution in [0.5, 0.6) is 5.75 Å². The van der Waals surface area contributed by atoms with E-state index in [-0.39, 0.29) is 36.4 Å². The van der Waals surface area contributed by atoms with Gasteiger partial charge in [-0.3, -0.25) is 4.79 Å². The van der Waals surface area contributed by atoms with E-state index in [9.17, 15) is 9.18 Å². The molecule has 1 aromatic rings. The molecule has 1 amide bonds. The van der Waals surface area contributed by atoms with Gasteiger partial charge in [0.25, 0.3) is 5.91 Å². The van der Waals surface area contributed by atoms with Gasteiger partial charge in [0, 0.05) is 23.4 Å². The third-order valence-electron chi connectivity index (χ3n) is 5.79. The lowest BCUT2D eigenvalue weighted by Gasteiger charge is -2.32. The van der Waals surface area contributed by atoms with Crippen LogP contribution in [0.25, 0.3) is 0 Å². The summed E-state index contributed by atoms with van der Waals surface area (Å²) in [6.45, 7) is 4.38. The molecule has 0 aromatic heterocycles. The highest BCUT2D eigenvalue weighted by molar-refractivity contribution is 6.43. The third kappa shape index (κ3) is 4.36. The van der Waals surface area contributed by atoms with Crippen molar-refractivity contribution in [3.8, 4) is 5.75 Å². The summed E-state index contributed by atoms with van der Waals surface area (Å²) in [5, 5.41) is 12.0. The average molecular weight is 446 g/mol. The molecule has 4 N–H and O–H groups in total. The number of hydrogen-bond donors (Lipinski definition) is 3. The predicted octanol–water partition coefficient (Wildman–Crippen LogP) is 3.16. The first-order valence-corrected chi connectivity index (χ1v) is 10.6. The van der Waals surface area contributed by atoms with Crippen LogP contribution in [-0.4, -0.2) is 48.0 Å². The fraction of sp³-hybridized carbons (Fsp3) is 0.409. The van der Waals surface area contributed by atoms with Crippen molar-refractivity contribution in [3.63, 3.8) is 0 Å². The molecular weight excluding hydrogens is 421 g/mol. The first-order valence-electron chi connectivity index (χ1n) is 10.2. The van der Waals surface area contributed by atoms with Crippen molar-refractivity contribution in [1.82, 2.24) is 10.2 Å². The number of nitrogens with one attached hydrogen (secondary N) is 2. The van der Waals surface area contributed by atoms with Gasteiger partial charge in [0.15, 0.2) is 0 Å². The fourth-order valence-electron chi connectivity index (χ4n) is 3.97. The molecule has 3 aliphatic rings. The summed E-state index contributed by atoms with van der Waals surface area (Å²) in [4.78, 5) is 19.2. The molecule has 1 aliphatic carbocycles. The quantitative estimate of drug-likeness (QED) is 0.662. The average Bonchev–Trinajstić information content (AvgIpc) is 3.09. The monoisotopic (exact) mass is 445 g/mol. The minimum absolute atomic E-state index is 0.138. The second kappa shape index (κ2) is 8.43. The van der Waals surface area contributed by atoms with Gasteiger partial charge in [0.1, 0.15) is 17.4 Å². The maximum absolute atomic E-state index is 13.8. The van der Waals surface area contributed by atoms with Gasteiger partial charge >= 0.3 is 0 Å². The van der Waals surface area contributed by atoms with E-state index >= 15 is 0 Å². The second-order valence-electron chi connectivity index (χ2n) is 8.28. The second-order valence-corrected chi connectivity index (χ2v) is 8.66. The minimum atomic E-state index is -0.468. The molecule has 164 valence electrons. The van der Waals surface area contributed by atoms with Crippen LogP contribution in [0.3, 0.4) is 0 Å². The van der Waals surface area contributed by atoms with Crippen LogP contribution in [0, 0.1) is 17.1 Å². The van der Waals surface area contributed by atoms with Crippen LogP contribution >= 0.6 is 11.6 Å².